The number of ether oxygens (including phenoxy) is 1. The van der Waals surface area contributed by atoms with Gasteiger partial charge in [0.1, 0.15) is 0 Å². The lowest BCUT2D eigenvalue weighted by Crippen LogP contribution is -2.27. The van der Waals surface area contributed by atoms with E-state index in [4.69, 9.17) is 9.57 Å². The predicted molar refractivity (Wildman–Crippen MR) is 84.5 cm³/mol. The van der Waals surface area contributed by atoms with Crippen LogP contribution in [-0.4, -0.2) is 23.5 Å². The van der Waals surface area contributed by atoms with Crippen LogP contribution in [0.3, 0.4) is 0 Å². The Balaban J connectivity index is 1.91. The molecule has 0 spiro atoms. The fraction of sp³-hybridized carbons (Fsp3) is 0.647. The smallest absolute Gasteiger partial charge is 0.155 e. The van der Waals surface area contributed by atoms with E-state index in [1.165, 1.54) is 0 Å². The molecule has 0 aromatic heterocycles. The second-order valence-electron chi connectivity index (χ2n) is 6.20. The highest BCUT2D eigenvalue weighted by Crippen LogP contribution is 2.13. The molecule has 1 rings (SSSR count). The number of aliphatic hydroxyl groups is 1. The van der Waals surface area contributed by atoms with Crippen molar-refractivity contribution in [3.63, 3.8) is 0 Å². The van der Waals surface area contributed by atoms with Gasteiger partial charge in [0.2, 0.25) is 0 Å². The van der Waals surface area contributed by atoms with Gasteiger partial charge >= 0.3 is 0 Å². The van der Waals surface area contributed by atoms with Crippen LogP contribution in [0.4, 0.5) is 0 Å². The van der Waals surface area contributed by atoms with Crippen LogP contribution in [0.2, 0.25) is 0 Å². The van der Waals surface area contributed by atoms with Crippen LogP contribution in [0, 0.1) is 0 Å². The third kappa shape index (κ3) is 10.4. The van der Waals surface area contributed by atoms with Gasteiger partial charge in [0.25, 0.3) is 0 Å². The fourth-order valence-electron chi connectivity index (χ4n) is 1.94. The second-order valence-corrected chi connectivity index (χ2v) is 6.20. The van der Waals surface area contributed by atoms with Gasteiger partial charge in [-0.25, -0.2) is 5.48 Å². The summed E-state index contributed by atoms with van der Waals surface area (Å²) in [6, 6.07) is 10.1. The van der Waals surface area contributed by atoms with E-state index in [-0.39, 0.29) is 5.60 Å². The van der Waals surface area contributed by atoms with Crippen molar-refractivity contribution in [1.29, 1.82) is 0 Å². The summed E-state index contributed by atoms with van der Waals surface area (Å²) in [6.45, 7) is 7.25. The molecule has 4 nitrogen and oxygen atoms in total. The van der Waals surface area contributed by atoms with Crippen LogP contribution in [0.5, 0.6) is 0 Å². The predicted octanol–water partition coefficient (Wildman–Crippen LogP) is 3.40. The molecule has 0 saturated heterocycles. The van der Waals surface area contributed by atoms with Gasteiger partial charge in [-0.2, -0.15) is 0 Å². The monoisotopic (exact) mass is 295 g/mol. The van der Waals surface area contributed by atoms with Crippen molar-refractivity contribution in [3.05, 3.63) is 35.9 Å². The lowest BCUT2D eigenvalue weighted by molar-refractivity contribution is -0.168. The Labute approximate surface area is 128 Å². The summed E-state index contributed by atoms with van der Waals surface area (Å²) < 4.78 is 5.45. The Morgan fingerprint density at radius 1 is 1.10 bits per heavy atom. The molecule has 120 valence electrons. The van der Waals surface area contributed by atoms with Crippen LogP contribution in [0.1, 0.15) is 52.0 Å². The highest BCUT2D eigenvalue weighted by Gasteiger charge is 2.15. The maximum atomic E-state index is 9.69. The van der Waals surface area contributed by atoms with Crippen molar-refractivity contribution >= 4 is 0 Å². The van der Waals surface area contributed by atoms with E-state index in [0.29, 0.717) is 13.0 Å². The van der Waals surface area contributed by atoms with Crippen LogP contribution < -0.4 is 5.48 Å². The largest absolute Gasteiger partial charge is 0.368 e. The molecule has 0 aliphatic carbocycles. The second kappa shape index (κ2) is 9.90. The van der Waals surface area contributed by atoms with Crippen LogP contribution >= 0.6 is 0 Å². The first-order chi connectivity index (χ1) is 9.97. The first kappa shape index (κ1) is 18.1. The molecule has 1 unspecified atom stereocenters. The molecule has 0 saturated carbocycles. The normalized spacial score (nSPS) is 13.3. The molecule has 21 heavy (non-hydrogen) atoms. The Kier molecular flexibility index (Phi) is 8.54. The SMILES string of the molecule is CC(C)(C)OC(O)CCCCCNOCc1ccccc1. The van der Waals surface area contributed by atoms with E-state index in [1.807, 2.05) is 51.1 Å². The standard InChI is InChI=1S/C17H29NO3/c1-17(2,3)21-16(19)12-8-5-9-13-18-20-14-15-10-6-4-7-11-15/h4,6-7,10-11,16,18-19H,5,8-9,12-14H2,1-3H3. The van der Waals surface area contributed by atoms with Crippen LogP contribution in [0.15, 0.2) is 30.3 Å². The summed E-state index contributed by atoms with van der Waals surface area (Å²) in [7, 11) is 0. The molecular weight excluding hydrogens is 266 g/mol. The van der Waals surface area contributed by atoms with Crippen molar-refractivity contribution in [2.75, 3.05) is 6.54 Å². The number of benzene rings is 1. The molecule has 4 heteroatoms. The van der Waals surface area contributed by atoms with Gasteiger partial charge in [0.05, 0.1) is 12.2 Å². The number of aliphatic hydroxyl groups excluding tert-OH is 1. The average molecular weight is 295 g/mol. The summed E-state index contributed by atoms with van der Waals surface area (Å²) in [5, 5.41) is 9.69. The topological polar surface area (TPSA) is 50.7 Å². The molecule has 1 aromatic rings. The molecule has 0 amide bonds. The molecule has 0 aliphatic heterocycles. The van der Waals surface area contributed by atoms with E-state index in [9.17, 15) is 5.11 Å². The first-order valence-corrected chi connectivity index (χ1v) is 7.72. The Morgan fingerprint density at radius 3 is 2.48 bits per heavy atom. The van der Waals surface area contributed by atoms with Gasteiger partial charge in [0, 0.05) is 6.54 Å². The Hall–Kier alpha value is -0.940. The zero-order chi connectivity index (χ0) is 15.6. The molecule has 2 N–H and O–H groups in total. The molecule has 0 fully saturated rings. The lowest BCUT2D eigenvalue weighted by atomic mass is 10.1. The minimum atomic E-state index is -0.660. The maximum Gasteiger partial charge on any atom is 0.155 e. The van der Waals surface area contributed by atoms with E-state index >= 15 is 0 Å². The van der Waals surface area contributed by atoms with E-state index in [0.717, 1.165) is 31.4 Å². The minimum absolute atomic E-state index is 0.285. The van der Waals surface area contributed by atoms with Crippen molar-refractivity contribution in [1.82, 2.24) is 5.48 Å². The molecular formula is C17H29NO3. The molecule has 0 bridgehead atoms. The van der Waals surface area contributed by atoms with Crippen LogP contribution in [-0.2, 0) is 16.2 Å². The summed E-state index contributed by atoms with van der Waals surface area (Å²) in [4.78, 5) is 5.39. The van der Waals surface area contributed by atoms with Crippen molar-refractivity contribution in [3.8, 4) is 0 Å². The summed E-state index contributed by atoms with van der Waals surface area (Å²) in [6.07, 6.45) is 3.05. The number of nitrogens with one attached hydrogen (secondary N) is 1. The van der Waals surface area contributed by atoms with Crippen molar-refractivity contribution in [2.45, 2.75) is 65.0 Å². The molecule has 0 radical (unpaired) electrons. The average Bonchev–Trinajstić information content (AvgIpc) is 2.41. The third-order valence-electron chi connectivity index (χ3n) is 2.90. The number of hydroxylamine groups is 1. The summed E-state index contributed by atoms with van der Waals surface area (Å²) in [5.74, 6) is 0. The number of hydrogen-bond donors (Lipinski definition) is 2. The highest BCUT2D eigenvalue weighted by atomic mass is 16.6. The van der Waals surface area contributed by atoms with E-state index in [1.54, 1.807) is 0 Å². The number of rotatable bonds is 10. The summed E-state index contributed by atoms with van der Waals surface area (Å²) >= 11 is 0. The molecule has 1 atom stereocenters. The molecule has 1 aromatic carbocycles. The Morgan fingerprint density at radius 2 is 1.81 bits per heavy atom. The fourth-order valence-corrected chi connectivity index (χ4v) is 1.94. The van der Waals surface area contributed by atoms with Gasteiger partial charge in [-0.1, -0.05) is 36.8 Å². The third-order valence-corrected chi connectivity index (χ3v) is 2.90. The van der Waals surface area contributed by atoms with Gasteiger partial charge in [-0.15, -0.1) is 0 Å². The molecule has 0 heterocycles. The number of unbranched alkanes of at least 4 members (excludes halogenated alkanes) is 2. The summed E-state index contributed by atoms with van der Waals surface area (Å²) in [5.41, 5.74) is 3.84. The zero-order valence-electron chi connectivity index (χ0n) is 13.5. The zero-order valence-corrected chi connectivity index (χ0v) is 13.5. The van der Waals surface area contributed by atoms with Crippen LogP contribution in [0.25, 0.3) is 0 Å². The van der Waals surface area contributed by atoms with Gasteiger partial charge in [-0.05, 0) is 45.6 Å². The number of hydrogen-bond acceptors (Lipinski definition) is 4. The highest BCUT2D eigenvalue weighted by molar-refractivity contribution is 5.13. The van der Waals surface area contributed by atoms with E-state index in [2.05, 4.69) is 5.48 Å². The van der Waals surface area contributed by atoms with Gasteiger partial charge in [-0.3, -0.25) is 4.84 Å². The van der Waals surface area contributed by atoms with E-state index < -0.39 is 6.29 Å². The van der Waals surface area contributed by atoms with Gasteiger partial charge < -0.3 is 9.84 Å². The minimum Gasteiger partial charge on any atom is -0.368 e. The quantitative estimate of drug-likeness (QED) is 0.394. The Bertz CT molecular complexity index is 362. The van der Waals surface area contributed by atoms with Crippen molar-refractivity contribution in [2.24, 2.45) is 0 Å². The maximum absolute atomic E-state index is 9.69. The van der Waals surface area contributed by atoms with Crippen molar-refractivity contribution < 1.29 is 14.7 Å². The first-order valence-electron chi connectivity index (χ1n) is 7.72. The lowest BCUT2D eigenvalue weighted by Gasteiger charge is -2.23. The molecule has 0 aliphatic rings. The van der Waals surface area contributed by atoms with Gasteiger partial charge in [0.15, 0.2) is 6.29 Å².